The number of ketones is 1. The molecule has 0 N–H and O–H groups in total. The van der Waals surface area contributed by atoms with E-state index in [1.807, 2.05) is 24.3 Å². The van der Waals surface area contributed by atoms with Gasteiger partial charge in [0.25, 0.3) is 0 Å². The van der Waals surface area contributed by atoms with Crippen LogP contribution in [0.1, 0.15) is 12.0 Å². The third kappa shape index (κ3) is 2.12. The Balaban J connectivity index is 2.23. The van der Waals surface area contributed by atoms with Crippen molar-refractivity contribution in [1.82, 2.24) is 0 Å². The van der Waals surface area contributed by atoms with Crippen LogP contribution in [0.4, 0.5) is 5.69 Å². The Labute approximate surface area is 93.8 Å². The van der Waals surface area contributed by atoms with Gasteiger partial charge in [0.15, 0.2) is 5.78 Å². The summed E-state index contributed by atoms with van der Waals surface area (Å²) < 4.78 is 5.02. The molecule has 0 aromatic heterocycles. The molecule has 4 nitrogen and oxygen atoms in total. The van der Waals surface area contributed by atoms with Crippen molar-refractivity contribution in [2.75, 3.05) is 18.6 Å². The molecule has 16 heavy (non-hydrogen) atoms. The molecule has 0 spiro atoms. The van der Waals surface area contributed by atoms with Gasteiger partial charge < -0.3 is 9.64 Å². The van der Waals surface area contributed by atoms with Gasteiger partial charge >= 0.3 is 0 Å². The second-order valence-corrected chi connectivity index (χ2v) is 3.80. The first-order valence-electron chi connectivity index (χ1n) is 5.10. The largest absolute Gasteiger partial charge is 0.380 e. The van der Waals surface area contributed by atoms with Gasteiger partial charge in [-0.1, -0.05) is 12.1 Å². The highest BCUT2D eigenvalue weighted by molar-refractivity contribution is 6.15. The van der Waals surface area contributed by atoms with E-state index in [-0.39, 0.29) is 24.7 Å². The van der Waals surface area contributed by atoms with Crippen LogP contribution in [0.2, 0.25) is 0 Å². The Morgan fingerprint density at radius 1 is 1.38 bits per heavy atom. The number of nitrogens with zero attached hydrogens (tertiary/aromatic N) is 1. The maximum absolute atomic E-state index is 11.5. The minimum absolute atomic E-state index is 0.0223. The molecule has 0 aliphatic carbocycles. The molecule has 1 fully saturated rings. The number of amides is 1. The van der Waals surface area contributed by atoms with E-state index in [9.17, 15) is 9.59 Å². The van der Waals surface area contributed by atoms with Gasteiger partial charge in [0.05, 0.1) is 19.6 Å². The van der Waals surface area contributed by atoms with E-state index in [4.69, 9.17) is 4.74 Å². The lowest BCUT2D eigenvalue weighted by molar-refractivity contribution is -0.121. The number of Topliss-reactive ketones (excluding diaryl/α,β-unsaturated/α-hetero) is 1. The molecule has 0 atom stereocenters. The number of hydrogen-bond acceptors (Lipinski definition) is 3. The van der Waals surface area contributed by atoms with Crippen LogP contribution in [0.15, 0.2) is 24.3 Å². The lowest BCUT2D eigenvalue weighted by Gasteiger charge is -2.15. The van der Waals surface area contributed by atoms with Crippen LogP contribution in [0, 0.1) is 0 Å². The lowest BCUT2D eigenvalue weighted by Crippen LogP contribution is -2.24. The van der Waals surface area contributed by atoms with E-state index >= 15 is 0 Å². The maximum Gasteiger partial charge on any atom is 0.234 e. The normalized spacial score (nSPS) is 15.9. The summed E-state index contributed by atoms with van der Waals surface area (Å²) >= 11 is 0. The van der Waals surface area contributed by atoms with Gasteiger partial charge in [-0.2, -0.15) is 0 Å². The molecule has 1 aromatic rings. The van der Waals surface area contributed by atoms with Gasteiger partial charge in [-0.3, -0.25) is 9.59 Å². The van der Waals surface area contributed by atoms with Crippen LogP contribution >= 0.6 is 0 Å². The molecule has 1 saturated heterocycles. The summed E-state index contributed by atoms with van der Waals surface area (Å²) in [6.07, 6.45) is 0.0223. The first-order valence-corrected chi connectivity index (χ1v) is 5.10. The third-order valence-corrected chi connectivity index (χ3v) is 2.52. The Bertz CT molecular complexity index is 428. The summed E-state index contributed by atoms with van der Waals surface area (Å²) in [7, 11) is 1.62. The Morgan fingerprint density at radius 2 is 2.19 bits per heavy atom. The molecule has 1 aliphatic heterocycles. The van der Waals surface area contributed by atoms with Crippen molar-refractivity contribution >= 4 is 17.4 Å². The van der Waals surface area contributed by atoms with Crippen molar-refractivity contribution in [1.29, 1.82) is 0 Å². The fourth-order valence-corrected chi connectivity index (χ4v) is 1.80. The molecule has 4 heteroatoms. The highest BCUT2D eigenvalue weighted by Gasteiger charge is 2.28. The van der Waals surface area contributed by atoms with E-state index in [0.717, 1.165) is 11.3 Å². The smallest absolute Gasteiger partial charge is 0.234 e. The number of ether oxygens (including phenoxy) is 1. The Kier molecular flexibility index (Phi) is 3.01. The van der Waals surface area contributed by atoms with Gasteiger partial charge in [-0.25, -0.2) is 0 Å². The lowest BCUT2D eigenvalue weighted by atomic mass is 10.2. The first-order chi connectivity index (χ1) is 7.70. The third-order valence-electron chi connectivity index (χ3n) is 2.52. The summed E-state index contributed by atoms with van der Waals surface area (Å²) in [5.74, 6) is -0.151. The summed E-state index contributed by atoms with van der Waals surface area (Å²) in [4.78, 5) is 24.2. The monoisotopic (exact) mass is 219 g/mol. The van der Waals surface area contributed by atoms with Gasteiger partial charge in [0.1, 0.15) is 0 Å². The van der Waals surface area contributed by atoms with E-state index in [0.29, 0.717) is 6.61 Å². The zero-order chi connectivity index (χ0) is 11.5. The summed E-state index contributed by atoms with van der Waals surface area (Å²) in [5, 5.41) is 0. The van der Waals surface area contributed by atoms with Crippen molar-refractivity contribution in [3.63, 3.8) is 0 Å². The molecule has 0 saturated carbocycles. The number of carbonyl (C=O) groups excluding carboxylic acids is 2. The van der Waals surface area contributed by atoms with Crippen molar-refractivity contribution in [3.05, 3.63) is 29.8 Å². The minimum Gasteiger partial charge on any atom is -0.380 e. The van der Waals surface area contributed by atoms with Crippen molar-refractivity contribution in [3.8, 4) is 0 Å². The van der Waals surface area contributed by atoms with Gasteiger partial charge in [0, 0.05) is 12.8 Å². The second kappa shape index (κ2) is 4.45. The molecule has 1 aromatic carbocycles. The summed E-state index contributed by atoms with van der Waals surface area (Å²) in [6.45, 7) is 0.694. The summed E-state index contributed by atoms with van der Waals surface area (Å²) in [6, 6.07) is 7.49. The molecule has 0 bridgehead atoms. The quantitative estimate of drug-likeness (QED) is 0.716. The van der Waals surface area contributed by atoms with E-state index in [2.05, 4.69) is 0 Å². The first kappa shape index (κ1) is 10.8. The summed E-state index contributed by atoms with van der Waals surface area (Å²) in [5.41, 5.74) is 1.76. The number of hydrogen-bond donors (Lipinski definition) is 0. The average Bonchev–Trinajstić information content (AvgIpc) is 2.59. The van der Waals surface area contributed by atoms with Gasteiger partial charge in [-0.15, -0.1) is 0 Å². The SMILES string of the molecule is COCc1cccc(N2CC(=O)CC2=O)c1. The van der Waals surface area contributed by atoms with Crippen LogP contribution < -0.4 is 4.90 Å². The van der Waals surface area contributed by atoms with Crippen LogP contribution in [0.25, 0.3) is 0 Å². The number of carbonyl (C=O) groups is 2. The van der Waals surface area contributed by atoms with Crippen LogP contribution in [-0.2, 0) is 20.9 Å². The number of benzene rings is 1. The Hall–Kier alpha value is -1.68. The average molecular weight is 219 g/mol. The Morgan fingerprint density at radius 3 is 2.81 bits per heavy atom. The topological polar surface area (TPSA) is 46.6 Å². The van der Waals surface area contributed by atoms with Crippen LogP contribution in [0.5, 0.6) is 0 Å². The molecule has 1 heterocycles. The number of rotatable bonds is 3. The van der Waals surface area contributed by atoms with Crippen LogP contribution in [-0.4, -0.2) is 25.3 Å². The fourth-order valence-electron chi connectivity index (χ4n) is 1.80. The minimum atomic E-state index is -0.125. The highest BCUT2D eigenvalue weighted by Crippen LogP contribution is 2.21. The zero-order valence-corrected chi connectivity index (χ0v) is 9.10. The zero-order valence-electron chi connectivity index (χ0n) is 9.10. The molecule has 0 unspecified atom stereocenters. The number of anilines is 1. The molecular formula is C12H13NO3. The predicted octanol–water partition coefficient (Wildman–Crippen LogP) is 1.14. The number of methoxy groups -OCH3 is 1. The van der Waals surface area contributed by atoms with Crippen molar-refractivity contribution < 1.29 is 14.3 Å². The molecular weight excluding hydrogens is 206 g/mol. The molecule has 0 radical (unpaired) electrons. The second-order valence-electron chi connectivity index (χ2n) is 3.80. The van der Waals surface area contributed by atoms with E-state index in [1.54, 1.807) is 7.11 Å². The van der Waals surface area contributed by atoms with Gasteiger partial charge in [0.2, 0.25) is 5.91 Å². The standard InChI is InChI=1S/C12H13NO3/c1-16-8-9-3-2-4-10(5-9)13-7-11(14)6-12(13)15/h2-5H,6-8H2,1H3. The van der Waals surface area contributed by atoms with E-state index < -0.39 is 0 Å². The molecule has 84 valence electrons. The highest BCUT2D eigenvalue weighted by atomic mass is 16.5. The molecule has 2 rings (SSSR count). The van der Waals surface area contributed by atoms with Gasteiger partial charge in [-0.05, 0) is 17.7 Å². The fraction of sp³-hybridized carbons (Fsp3) is 0.333. The molecule has 1 aliphatic rings. The maximum atomic E-state index is 11.5. The van der Waals surface area contributed by atoms with Crippen LogP contribution in [0.3, 0.4) is 0 Å². The van der Waals surface area contributed by atoms with E-state index in [1.165, 1.54) is 4.90 Å². The molecule has 1 amide bonds. The van der Waals surface area contributed by atoms with Crippen molar-refractivity contribution in [2.24, 2.45) is 0 Å². The predicted molar refractivity (Wildman–Crippen MR) is 59.1 cm³/mol. The van der Waals surface area contributed by atoms with Crippen molar-refractivity contribution in [2.45, 2.75) is 13.0 Å².